The second kappa shape index (κ2) is 6.53. The topological polar surface area (TPSA) is 75.4 Å². The van der Waals surface area contributed by atoms with Gasteiger partial charge in [0.05, 0.1) is 11.9 Å². The van der Waals surface area contributed by atoms with Crippen LogP contribution in [0.25, 0.3) is 16.9 Å². The second-order valence-corrected chi connectivity index (χ2v) is 5.44. The van der Waals surface area contributed by atoms with E-state index in [-0.39, 0.29) is 5.91 Å². The van der Waals surface area contributed by atoms with Crippen LogP contribution in [-0.2, 0) is 0 Å². The minimum absolute atomic E-state index is 0.179. The molecular weight excluding hydrogens is 292 g/mol. The third kappa shape index (κ3) is 3.51. The molecule has 0 bridgehead atoms. The van der Waals surface area contributed by atoms with Crippen LogP contribution in [-0.4, -0.2) is 57.6 Å². The predicted molar refractivity (Wildman–Crippen MR) is 87.1 cm³/mol. The molecule has 3 aromatic heterocycles. The molecule has 7 heteroatoms. The number of carbonyl (C=O) groups is 1. The molecule has 3 aromatic rings. The van der Waals surface area contributed by atoms with Crippen molar-refractivity contribution in [3.63, 3.8) is 0 Å². The van der Waals surface area contributed by atoms with E-state index in [2.05, 4.69) is 20.4 Å². The van der Waals surface area contributed by atoms with E-state index in [0.717, 1.165) is 17.8 Å². The Morgan fingerprint density at radius 3 is 3.00 bits per heavy atom. The summed E-state index contributed by atoms with van der Waals surface area (Å²) in [4.78, 5) is 22.9. The highest BCUT2D eigenvalue weighted by molar-refractivity contribution is 5.92. The van der Waals surface area contributed by atoms with Crippen LogP contribution in [0, 0.1) is 0 Å². The maximum absolute atomic E-state index is 12.2. The van der Waals surface area contributed by atoms with Crippen molar-refractivity contribution in [2.75, 3.05) is 27.2 Å². The summed E-state index contributed by atoms with van der Waals surface area (Å²) < 4.78 is 1.68. The quantitative estimate of drug-likeness (QED) is 0.763. The molecule has 0 aliphatic heterocycles. The highest BCUT2D eigenvalue weighted by Crippen LogP contribution is 2.16. The number of fused-ring (bicyclic) bond motifs is 1. The van der Waals surface area contributed by atoms with Gasteiger partial charge < -0.3 is 10.2 Å². The molecule has 0 aliphatic carbocycles. The second-order valence-electron chi connectivity index (χ2n) is 5.44. The molecule has 0 aromatic carbocycles. The minimum atomic E-state index is -0.179. The molecule has 0 atom stereocenters. The highest BCUT2D eigenvalue weighted by atomic mass is 16.1. The molecule has 0 fully saturated rings. The number of aromatic nitrogens is 4. The van der Waals surface area contributed by atoms with E-state index >= 15 is 0 Å². The van der Waals surface area contributed by atoms with Crippen molar-refractivity contribution in [3.05, 3.63) is 48.5 Å². The Hall–Kier alpha value is -2.80. The van der Waals surface area contributed by atoms with Crippen molar-refractivity contribution < 1.29 is 4.79 Å². The molecule has 0 aliphatic rings. The molecule has 0 saturated heterocycles. The van der Waals surface area contributed by atoms with Crippen molar-refractivity contribution >= 4 is 11.6 Å². The third-order valence-corrected chi connectivity index (χ3v) is 3.37. The van der Waals surface area contributed by atoms with Gasteiger partial charge in [0.15, 0.2) is 5.65 Å². The summed E-state index contributed by atoms with van der Waals surface area (Å²) in [5.41, 5.74) is 2.66. The Labute approximate surface area is 134 Å². The van der Waals surface area contributed by atoms with Gasteiger partial charge in [-0.25, -0.2) is 14.5 Å². The normalized spacial score (nSPS) is 11.1. The van der Waals surface area contributed by atoms with Crippen molar-refractivity contribution in [2.45, 2.75) is 0 Å². The van der Waals surface area contributed by atoms with Gasteiger partial charge in [-0.05, 0) is 26.2 Å². The van der Waals surface area contributed by atoms with Crippen molar-refractivity contribution in [1.29, 1.82) is 0 Å². The third-order valence-electron chi connectivity index (χ3n) is 3.37. The number of rotatable bonds is 5. The lowest BCUT2D eigenvalue weighted by molar-refractivity contribution is 0.0946. The average Bonchev–Trinajstić information content (AvgIpc) is 3.02. The van der Waals surface area contributed by atoms with Gasteiger partial charge in [0, 0.05) is 37.1 Å². The molecule has 0 radical (unpaired) electrons. The zero-order valence-electron chi connectivity index (χ0n) is 13.1. The molecule has 1 N–H and O–H groups in total. The molecule has 0 spiro atoms. The Morgan fingerprint density at radius 2 is 2.17 bits per heavy atom. The standard InChI is InChI=1S/C16H18N6O/c1-21(2)9-8-17-16(23)14-5-3-4-13(20-14)12-10-18-15-6-7-19-22(15)11-12/h3-7,10-11H,8-9H2,1-2H3,(H,17,23). The van der Waals surface area contributed by atoms with E-state index in [1.807, 2.05) is 43.4 Å². The van der Waals surface area contributed by atoms with Gasteiger partial charge in [-0.3, -0.25) is 4.79 Å². The van der Waals surface area contributed by atoms with E-state index in [4.69, 9.17) is 0 Å². The number of carbonyl (C=O) groups excluding carboxylic acids is 1. The monoisotopic (exact) mass is 310 g/mol. The molecule has 23 heavy (non-hydrogen) atoms. The van der Waals surface area contributed by atoms with Crippen molar-refractivity contribution in [1.82, 2.24) is 29.8 Å². The lowest BCUT2D eigenvalue weighted by Crippen LogP contribution is -2.31. The Balaban J connectivity index is 1.80. The van der Waals surface area contributed by atoms with Crippen molar-refractivity contribution in [3.8, 4) is 11.3 Å². The number of hydrogen-bond donors (Lipinski definition) is 1. The lowest BCUT2D eigenvalue weighted by Gasteiger charge is -2.10. The fourth-order valence-electron chi connectivity index (χ4n) is 2.15. The van der Waals surface area contributed by atoms with E-state index in [1.54, 1.807) is 23.0 Å². The molecule has 0 saturated carbocycles. The first-order chi connectivity index (χ1) is 11.1. The van der Waals surface area contributed by atoms with E-state index in [9.17, 15) is 4.79 Å². The van der Waals surface area contributed by atoms with Crippen LogP contribution in [0.4, 0.5) is 0 Å². The number of hydrogen-bond acceptors (Lipinski definition) is 5. The number of pyridine rings is 1. The van der Waals surface area contributed by atoms with Gasteiger partial charge >= 0.3 is 0 Å². The first-order valence-corrected chi connectivity index (χ1v) is 7.33. The SMILES string of the molecule is CN(C)CCNC(=O)c1cccc(-c2cnc3ccnn3c2)n1. The Kier molecular flexibility index (Phi) is 4.29. The van der Waals surface area contributed by atoms with Gasteiger partial charge in [0.25, 0.3) is 5.91 Å². The summed E-state index contributed by atoms with van der Waals surface area (Å²) in [5, 5.41) is 7.02. The smallest absolute Gasteiger partial charge is 0.269 e. The zero-order valence-corrected chi connectivity index (χ0v) is 13.1. The van der Waals surface area contributed by atoms with Crippen LogP contribution >= 0.6 is 0 Å². The summed E-state index contributed by atoms with van der Waals surface area (Å²) in [7, 11) is 3.92. The maximum Gasteiger partial charge on any atom is 0.269 e. The predicted octanol–water partition coefficient (Wildman–Crippen LogP) is 1.08. The van der Waals surface area contributed by atoms with Gasteiger partial charge in [0.2, 0.25) is 0 Å². The van der Waals surface area contributed by atoms with Crippen LogP contribution in [0.3, 0.4) is 0 Å². The van der Waals surface area contributed by atoms with Crippen LogP contribution in [0.15, 0.2) is 42.9 Å². The molecule has 3 rings (SSSR count). The molecule has 3 heterocycles. The van der Waals surface area contributed by atoms with Gasteiger partial charge in [0.1, 0.15) is 5.69 Å². The van der Waals surface area contributed by atoms with Crippen LogP contribution in [0.2, 0.25) is 0 Å². The summed E-state index contributed by atoms with van der Waals surface area (Å²) in [6.45, 7) is 1.36. The van der Waals surface area contributed by atoms with Crippen LogP contribution in [0.5, 0.6) is 0 Å². The fraction of sp³-hybridized carbons (Fsp3) is 0.250. The number of amides is 1. The molecule has 0 unspecified atom stereocenters. The number of likely N-dealkylation sites (N-methyl/N-ethyl adjacent to an activating group) is 1. The van der Waals surface area contributed by atoms with E-state index in [1.165, 1.54) is 0 Å². The summed E-state index contributed by atoms with van der Waals surface area (Å²) >= 11 is 0. The molecule has 118 valence electrons. The van der Waals surface area contributed by atoms with Crippen molar-refractivity contribution in [2.24, 2.45) is 0 Å². The Morgan fingerprint density at radius 1 is 1.30 bits per heavy atom. The largest absolute Gasteiger partial charge is 0.349 e. The first-order valence-electron chi connectivity index (χ1n) is 7.33. The number of nitrogens with one attached hydrogen (secondary N) is 1. The number of nitrogens with zero attached hydrogens (tertiary/aromatic N) is 5. The fourth-order valence-corrected chi connectivity index (χ4v) is 2.15. The van der Waals surface area contributed by atoms with Gasteiger partial charge in [-0.1, -0.05) is 6.07 Å². The van der Waals surface area contributed by atoms with E-state index in [0.29, 0.717) is 17.9 Å². The average molecular weight is 310 g/mol. The molecule has 7 nitrogen and oxygen atoms in total. The first kappa shape index (κ1) is 15.1. The molecule has 1 amide bonds. The summed E-state index contributed by atoms with van der Waals surface area (Å²) in [6.07, 6.45) is 5.26. The Bertz CT molecular complexity index is 826. The van der Waals surface area contributed by atoms with Crippen LogP contribution < -0.4 is 5.32 Å². The highest BCUT2D eigenvalue weighted by Gasteiger charge is 2.09. The lowest BCUT2D eigenvalue weighted by atomic mass is 10.2. The zero-order chi connectivity index (χ0) is 16.2. The summed E-state index contributed by atoms with van der Waals surface area (Å²) in [5.74, 6) is -0.179. The van der Waals surface area contributed by atoms with Gasteiger partial charge in [-0.15, -0.1) is 0 Å². The minimum Gasteiger partial charge on any atom is -0.349 e. The summed E-state index contributed by atoms with van der Waals surface area (Å²) in [6, 6.07) is 7.19. The van der Waals surface area contributed by atoms with E-state index < -0.39 is 0 Å². The maximum atomic E-state index is 12.2. The van der Waals surface area contributed by atoms with Crippen LogP contribution in [0.1, 0.15) is 10.5 Å². The van der Waals surface area contributed by atoms with Gasteiger partial charge in [-0.2, -0.15) is 5.10 Å². The molecular formula is C16H18N6O.